The SMILES string of the molecule is N#Cc1ccc(-c2ccc(C[C@@H](C#N)NC(=O)C3N[C@@H]4CC[C@H]3C4)cc2)cc1F. The summed E-state index contributed by atoms with van der Waals surface area (Å²) in [4.78, 5) is 12.5. The maximum Gasteiger partial charge on any atom is 0.238 e. The monoisotopic (exact) mass is 388 g/mol. The number of benzene rings is 2. The number of nitriles is 2. The van der Waals surface area contributed by atoms with Crippen LogP contribution in [-0.4, -0.2) is 24.0 Å². The molecule has 1 unspecified atom stereocenters. The summed E-state index contributed by atoms with van der Waals surface area (Å²) in [6.07, 6.45) is 3.66. The van der Waals surface area contributed by atoms with E-state index >= 15 is 0 Å². The first-order chi connectivity index (χ1) is 14.1. The first-order valence-corrected chi connectivity index (χ1v) is 9.82. The van der Waals surface area contributed by atoms with Crippen LogP contribution in [0.5, 0.6) is 0 Å². The third-order valence-corrected chi connectivity index (χ3v) is 5.93. The molecule has 2 fully saturated rings. The first kappa shape index (κ1) is 19.1. The van der Waals surface area contributed by atoms with Crippen LogP contribution < -0.4 is 10.6 Å². The van der Waals surface area contributed by atoms with Crippen molar-refractivity contribution in [2.24, 2.45) is 5.92 Å². The van der Waals surface area contributed by atoms with Crippen LogP contribution in [0.25, 0.3) is 11.1 Å². The highest BCUT2D eigenvalue weighted by molar-refractivity contribution is 5.83. The Morgan fingerprint density at radius 3 is 2.52 bits per heavy atom. The third kappa shape index (κ3) is 3.99. The number of hydrogen-bond donors (Lipinski definition) is 2. The van der Waals surface area contributed by atoms with Gasteiger partial charge in [0.25, 0.3) is 0 Å². The second-order valence-corrected chi connectivity index (χ2v) is 7.81. The molecule has 0 aromatic heterocycles. The van der Waals surface area contributed by atoms with Gasteiger partial charge in [-0.05, 0) is 54.0 Å². The minimum absolute atomic E-state index is 0.0166. The summed E-state index contributed by atoms with van der Waals surface area (Å²) in [6.45, 7) is 0. The molecule has 0 spiro atoms. The maximum absolute atomic E-state index is 13.8. The zero-order valence-electron chi connectivity index (χ0n) is 15.9. The first-order valence-electron chi connectivity index (χ1n) is 9.82. The Hall–Kier alpha value is -3.22. The number of hydrogen-bond acceptors (Lipinski definition) is 4. The molecule has 4 atom stereocenters. The van der Waals surface area contributed by atoms with Crippen molar-refractivity contribution >= 4 is 5.91 Å². The van der Waals surface area contributed by atoms with E-state index in [9.17, 15) is 14.4 Å². The molecule has 2 bridgehead atoms. The summed E-state index contributed by atoms with van der Waals surface area (Å²) >= 11 is 0. The fraction of sp³-hybridized carbons (Fsp3) is 0.348. The number of fused-ring (bicyclic) bond motifs is 2. The Kier molecular flexibility index (Phi) is 5.29. The predicted molar refractivity (Wildman–Crippen MR) is 106 cm³/mol. The van der Waals surface area contributed by atoms with E-state index < -0.39 is 11.9 Å². The van der Waals surface area contributed by atoms with Gasteiger partial charge < -0.3 is 10.6 Å². The summed E-state index contributed by atoms with van der Waals surface area (Å²) in [5, 5.41) is 24.5. The molecule has 6 heteroatoms. The Morgan fingerprint density at radius 2 is 1.93 bits per heavy atom. The Morgan fingerprint density at radius 1 is 1.17 bits per heavy atom. The highest BCUT2D eigenvalue weighted by atomic mass is 19.1. The summed E-state index contributed by atoms with van der Waals surface area (Å²) in [5.41, 5.74) is 2.43. The minimum atomic E-state index is -0.596. The molecule has 1 amide bonds. The standard InChI is InChI=1S/C23H21FN4O/c24-21-11-16(5-6-18(21)12-25)15-3-1-14(2-4-15)9-20(13-26)28-23(29)22-17-7-8-19(10-17)27-22/h1-6,11,17,19-20,22,27H,7-10H2,(H,28,29)/t17-,19+,20-,22?/m0/s1. The molecule has 2 aromatic carbocycles. The second kappa shape index (κ2) is 8.03. The summed E-state index contributed by atoms with van der Waals surface area (Å²) < 4.78 is 13.8. The highest BCUT2D eigenvalue weighted by Gasteiger charge is 2.43. The fourth-order valence-corrected chi connectivity index (χ4v) is 4.40. The molecule has 0 radical (unpaired) electrons. The summed E-state index contributed by atoms with van der Waals surface area (Å²) in [7, 11) is 0. The lowest BCUT2D eigenvalue weighted by Crippen LogP contribution is -2.50. The quantitative estimate of drug-likeness (QED) is 0.824. The lowest BCUT2D eigenvalue weighted by atomic mass is 9.98. The number of amides is 1. The van der Waals surface area contributed by atoms with E-state index in [0.717, 1.165) is 30.4 Å². The number of carbonyl (C=O) groups excluding carboxylic acids is 1. The van der Waals surface area contributed by atoms with Crippen molar-refractivity contribution in [1.29, 1.82) is 10.5 Å². The molecule has 1 saturated heterocycles. The van der Waals surface area contributed by atoms with E-state index in [1.165, 1.54) is 12.1 Å². The molecule has 1 saturated carbocycles. The molecule has 146 valence electrons. The average molecular weight is 388 g/mol. The van der Waals surface area contributed by atoms with Gasteiger partial charge in [0.1, 0.15) is 17.9 Å². The van der Waals surface area contributed by atoms with Crippen molar-refractivity contribution in [2.75, 3.05) is 0 Å². The van der Waals surface area contributed by atoms with Crippen LogP contribution in [0.2, 0.25) is 0 Å². The van der Waals surface area contributed by atoms with E-state index in [-0.39, 0.29) is 17.5 Å². The van der Waals surface area contributed by atoms with Crippen molar-refractivity contribution in [3.63, 3.8) is 0 Å². The van der Waals surface area contributed by atoms with Gasteiger partial charge in [0.05, 0.1) is 17.7 Å². The molecular formula is C23H21FN4O. The smallest absolute Gasteiger partial charge is 0.238 e. The van der Waals surface area contributed by atoms with Crippen molar-refractivity contribution in [3.05, 3.63) is 59.4 Å². The summed E-state index contributed by atoms with van der Waals surface area (Å²) in [5.74, 6) is -0.254. The van der Waals surface area contributed by atoms with Crippen molar-refractivity contribution in [3.8, 4) is 23.3 Å². The van der Waals surface area contributed by atoms with E-state index in [4.69, 9.17) is 5.26 Å². The van der Waals surface area contributed by atoms with E-state index in [1.807, 2.05) is 30.3 Å². The number of nitrogens with zero attached hydrogens (tertiary/aromatic N) is 2. The summed E-state index contributed by atoms with van der Waals surface area (Å²) in [6, 6.07) is 15.6. The molecule has 29 heavy (non-hydrogen) atoms. The lowest BCUT2D eigenvalue weighted by molar-refractivity contribution is -0.124. The zero-order valence-corrected chi connectivity index (χ0v) is 15.9. The molecule has 1 aliphatic heterocycles. The molecule has 4 rings (SSSR count). The van der Waals surface area contributed by atoms with Crippen LogP contribution in [0.3, 0.4) is 0 Å². The van der Waals surface area contributed by atoms with E-state index in [0.29, 0.717) is 23.9 Å². The number of piperidine rings is 1. The van der Waals surface area contributed by atoms with Crippen LogP contribution in [0.4, 0.5) is 4.39 Å². The van der Waals surface area contributed by atoms with Gasteiger partial charge in [-0.15, -0.1) is 0 Å². The molecule has 1 heterocycles. The van der Waals surface area contributed by atoms with Gasteiger partial charge in [0, 0.05) is 12.5 Å². The van der Waals surface area contributed by atoms with Gasteiger partial charge in [-0.3, -0.25) is 4.79 Å². The number of nitrogens with one attached hydrogen (secondary N) is 2. The van der Waals surface area contributed by atoms with Gasteiger partial charge in [0.15, 0.2) is 0 Å². The maximum atomic E-state index is 13.8. The molecule has 5 nitrogen and oxygen atoms in total. The molecule has 2 aromatic rings. The van der Waals surface area contributed by atoms with Gasteiger partial charge in [-0.1, -0.05) is 30.3 Å². The Balaban J connectivity index is 1.39. The molecule has 2 N–H and O–H groups in total. The fourth-order valence-electron chi connectivity index (χ4n) is 4.40. The van der Waals surface area contributed by atoms with Gasteiger partial charge >= 0.3 is 0 Å². The highest BCUT2D eigenvalue weighted by Crippen LogP contribution is 2.35. The Labute approximate surface area is 169 Å². The molecule has 1 aliphatic carbocycles. The minimum Gasteiger partial charge on any atom is -0.339 e. The van der Waals surface area contributed by atoms with Gasteiger partial charge in [0.2, 0.25) is 5.91 Å². The number of halogens is 1. The average Bonchev–Trinajstić information content (AvgIpc) is 3.37. The normalized spacial score (nSPS) is 23.2. The van der Waals surface area contributed by atoms with Crippen molar-refractivity contribution in [2.45, 2.75) is 43.8 Å². The second-order valence-electron chi connectivity index (χ2n) is 7.81. The van der Waals surface area contributed by atoms with Gasteiger partial charge in [-0.2, -0.15) is 10.5 Å². The Bertz CT molecular complexity index is 1010. The molecule has 2 aliphatic rings. The van der Waals surface area contributed by atoms with Crippen molar-refractivity contribution < 1.29 is 9.18 Å². The van der Waals surface area contributed by atoms with Crippen LogP contribution in [-0.2, 0) is 11.2 Å². The number of carbonyl (C=O) groups is 1. The van der Waals surface area contributed by atoms with Crippen molar-refractivity contribution in [1.82, 2.24) is 10.6 Å². The largest absolute Gasteiger partial charge is 0.339 e. The molecular weight excluding hydrogens is 367 g/mol. The number of rotatable bonds is 5. The van der Waals surface area contributed by atoms with E-state index in [2.05, 4.69) is 16.7 Å². The van der Waals surface area contributed by atoms with Crippen LogP contribution in [0, 0.1) is 34.4 Å². The zero-order chi connectivity index (χ0) is 20.4. The lowest BCUT2D eigenvalue weighted by Gasteiger charge is -2.23. The van der Waals surface area contributed by atoms with E-state index in [1.54, 1.807) is 6.07 Å². The van der Waals surface area contributed by atoms with Gasteiger partial charge in [-0.25, -0.2) is 4.39 Å². The van der Waals surface area contributed by atoms with Crippen LogP contribution in [0.1, 0.15) is 30.4 Å². The van der Waals surface area contributed by atoms with Crippen LogP contribution >= 0.6 is 0 Å². The third-order valence-electron chi connectivity index (χ3n) is 5.93. The topological polar surface area (TPSA) is 88.7 Å². The predicted octanol–water partition coefficient (Wildman–Crippen LogP) is 3.06. The van der Waals surface area contributed by atoms with Crippen LogP contribution in [0.15, 0.2) is 42.5 Å².